The molecule has 1 fully saturated rings. The van der Waals surface area contributed by atoms with Crippen LogP contribution in [0.25, 0.3) is 0 Å². The quantitative estimate of drug-likeness (QED) is 0.808. The molecule has 1 aromatic heterocycles. The molecule has 3 nitrogen and oxygen atoms in total. The average molecular weight is 213 g/mol. The van der Waals surface area contributed by atoms with Crippen LogP contribution in [0.15, 0.2) is 16.4 Å². The van der Waals surface area contributed by atoms with Crippen LogP contribution in [0.3, 0.4) is 0 Å². The highest BCUT2D eigenvalue weighted by Gasteiger charge is 2.20. The maximum atomic E-state index is 11.3. The number of aromatic nitrogens is 1. The fourth-order valence-electron chi connectivity index (χ4n) is 2.13. The zero-order valence-corrected chi connectivity index (χ0v) is 8.87. The molecular weight excluding hydrogens is 198 g/mol. The van der Waals surface area contributed by atoms with Crippen molar-refractivity contribution in [2.45, 2.75) is 38.3 Å². The molecule has 1 heterocycles. The number of aliphatic hydroxyl groups is 1. The fraction of sp³-hybridized carbons (Fsp3) is 0.700. The molecule has 2 unspecified atom stereocenters. The number of hydrogen-bond donors (Lipinski definition) is 1. The van der Waals surface area contributed by atoms with Crippen molar-refractivity contribution in [1.82, 2.24) is 4.57 Å². The molecule has 0 aliphatic heterocycles. The Morgan fingerprint density at radius 2 is 2.43 bits per heavy atom. The van der Waals surface area contributed by atoms with Crippen LogP contribution < -0.4 is 4.87 Å². The lowest BCUT2D eigenvalue weighted by atomic mass is 9.87. The van der Waals surface area contributed by atoms with Gasteiger partial charge < -0.3 is 9.67 Å². The normalized spacial score (nSPS) is 27.8. The topological polar surface area (TPSA) is 42.2 Å². The van der Waals surface area contributed by atoms with Crippen LogP contribution in [0.4, 0.5) is 0 Å². The predicted octanol–water partition coefficient (Wildman–Crippen LogP) is 1.46. The van der Waals surface area contributed by atoms with E-state index in [4.69, 9.17) is 0 Å². The van der Waals surface area contributed by atoms with Gasteiger partial charge in [0.2, 0.25) is 0 Å². The van der Waals surface area contributed by atoms with Crippen molar-refractivity contribution in [1.29, 1.82) is 0 Å². The van der Waals surface area contributed by atoms with Crippen LogP contribution in [0, 0.1) is 5.92 Å². The molecule has 2 rings (SSSR count). The van der Waals surface area contributed by atoms with E-state index in [0.29, 0.717) is 5.92 Å². The summed E-state index contributed by atoms with van der Waals surface area (Å²) in [6, 6.07) is 0. The van der Waals surface area contributed by atoms with Gasteiger partial charge in [-0.25, -0.2) is 0 Å². The minimum absolute atomic E-state index is 0.116. The molecule has 1 aliphatic carbocycles. The Morgan fingerprint density at radius 1 is 1.57 bits per heavy atom. The summed E-state index contributed by atoms with van der Waals surface area (Å²) in [5.74, 6) is 0.478. The smallest absolute Gasteiger partial charge is 0.307 e. The minimum atomic E-state index is -0.150. The third-order valence-electron chi connectivity index (χ3n) is 2.85. The second-order valence-electron chi connectivity index (χ2n) is 4.01. The molecule has 0 bridgehead atoms. The molecule has 0 radical (unpaired) electrons. The monoisotopic (exact) mass is 213 g/mol. The second-order valence-corrected chi connectivity index (χ2v) is 4.86. The van der Waals surface area contributed by atoms with Gasteiger partial charge in [-0.2, -0.15) is 0 Å². The summed E-state index contributed by atoms with van der Waals surface area (Å²) in [5.41, 5.74) is 0. The number of hydrogen-bond acceptors (Lipinski definition) is 3. The Labute approximate surface area is 87.0 Å². The first-order chi connectivity index (χ1) is 6.75. The molecule has 0 saturated heterocycles. The van der Waals surface area contributed by atoms with Gasteiger partial charge in [0.05, 0.1) is 6.10 Å². The molecular formula is C10H15NO2S. The van der Waals surface area contributed by atoms with Gasteiger partial charge in [-0.15, -0.1) is 0 Å². The van der Waals surface area contributed by atoms with Crippen molar-refractivity contribution < 1.29 is 5.11 Å². The van der Waals surface area contributed by atoms with Gasteiger partial charge in [-0.3, -0.25) is 4.79 Å². The van der Waals surface area contributed by atoms with E-state index in [0.717, 1.165) is 32.2 Å². The first kappa shape index (κ1) is 9.93. The summed E-state index contributed by atoms with van der Waals surface area (Å²) in [7, 11) is 0. The average Bonchev–Trinajstić information content (AvgIpc) is 2.52. The van der Waals surface area contributed by atoms with E-state index >= 15 is 0 Å². The van der Waals surface area contributed by atoms with E-state index < -0.39 is 0 Å². The zero-order chi connectivity index (χ0) is 9.97. The third-order valence-corrected chi connectivity index (χ3v) is 3.55. The Balaban J connectivity index is 1.97. The van der Waals surface area contributed by atoms with Crippen LogP contribution in [0.5, 0.6) is 0 Å². The van der Waals surface area contributed by atoms with Gasteiger partial charge in [0.15, 0.2) is 0 Å². The van der Waals surface area contributed by atoms with Crippen LogP contribution in [-0.2, 0) is 6.54 Å². The maximum Gasteiger partial charge on any atom is 0.307 e. The van der Waals surface area contributed by atoms with Crippen molar-refractivity contribution >= 4 is 11.3 Å². The lowest BCUT2D eigenvalue weighted by molar-refractivity contribution is 0.0952. The number of nitrogens with zero attached hydrogens (tertiary/aromatic N) is 1. The summed E-state index contributed by atoms with van der Waals surface area (Å²) < 4.78 is 1.76. The number of aliphatic hydroxyl groups excluding tert-OH is 1. The van der Waals surface area contributed by atoms with Crippen LogP contribution in [0.1, 0.15) is 25.7 Å². The summed E-state index contributed by atoms with van der Waals surface area (Å²) in [6.45, 7) is 0.777. The highest BCUT2D eigenvalue weighted by Crippen LogP contribution is 2.25. The number of rotatable bonds is 2. The third kappa shape index (κ3) is 2.25. The lowest BCUT2D eigenvalue weighted by Crippen LogP contribution is -2.25. The van der Waals surface area contributed by atoms with E-state index in [9.17, 15) is 9.90 Å². The standard InChI is InChI=1S/C10H15NO2S/c12-9-3-1-2-8(6-9)7-11-4-5-14-10(11)13/h4-5,8-9,12H,1-3,6-7H2. The first-order valence-electron chi connectivity index (χ1n) is 5.07. The Hall–Kier alpha value is -0.610. The van der Waals surface area contributed by atoms with E-state index in [1.54, 1.807) is 4.57 Å². The summed E-state index contributed by atoms with van der Waals surface area (Å²) in [5, 5.41) is 11.3. The first-order valence-corrected chi connectivity index (χ1v) is 5.95. The van der Waals surface area contributed by atoms with Crippen LogP contribution in [0.2, 0.25) is 0 Å². The highest BCUT2D eigenvalue weighted by atomic mass is 32.1. The molecule has 1 aromatic rings. The Bertz CT molecular complexity index is 344. The molecule has 78 valence electrons. The van der Waals surface area contributed by atoms with Gasteiger partial charge in [-0.1, -0.05) is 17.8 Å². The molecule has 1 N–H and O–H groups in total. The molecule has 1 aliphatic rings. The molecule has 1 saturated carbocycles. The fourth-order valence-corrected chi connectivity index (χ4v) is 2.73. The highest BCUT2D eigenvalue weighted by molar-refractivity contribution is 7.07. The Morgan fingerprint density at radius 3 is 3.07 bits per heavy atom. The second kappa shape index (κ2) is 4.28. The van der Waals surface area contributed by atoms with Crippen molar-refractivity contribution in [3.8, 4) is 0 Å². The lowest BCUT2D eigenvalue weighted by Gasteiger charge is -2.25. The van der Waals surface area contributed by atoms with E-state index in [-0.39, 0.29) is 11.0 Å². The molecule has 4 heteroatoms. The number of thiazole rings is 1. The van der Waals surface area contributed by atoms with E-state index in [1.807, 2.05) is 11.6 Å². The Kier molecular flexibility index (Phi) is 3.03. The van der Waals surface area contributed by atoms with E-state index in [1.165, 1.54) is 11.3 Å². The largest absolute Gasteiger partial charge is 0.393 e. The molecule has 0 aromatic carbocycles. The van der Waals surface area contributed by atoms with Crippen molar-refractivity contribution in [3.05, 3.63) is 21.2 Å². The van der Waals surface area contributed by atoms with E-state index in [2.05, 4.69) is 0 Å². The SMILES string of the molecule is O=c1sccn1CC1CCCC(O)C1. The summed E-state index contributed by atoms with van der Waals surface area (Å²) in [4.78, 5) is 11.4. The molecule has 0 amide bonds. The van der Waals surface area contributed by atoms with Gasteiger partial charge >= 0.3 is 4.87 Å². The molecule has 14 heavy (non-hydrogen) atoms. The zero-order valence-electron chi connectivity index (χ0n) is 8.06. The summed E-state index contributed by atoms with van der Waals surface area (Å²) >= 11 is 1.24. The maximum absolute atomic E-state index is 11.3. The van der Waals surface area contributed by atoms with Crippen LogP contribution in [-0.4, -0.2) is 15.8 Å². The molecule has 2 atom stereocenters. The predicted molar refractivity (Wildman–Crippen MR) is 56.5 cm³/mol. The molecule has 0 spiro atoms. The van der Waals surface area contributed by atoms with Crippen molar-refractivity contribution in [2.75, 3.05) is 0 Å². The van der Waals surface area contributed by atoms with Gasteiger partial charge in [-0.05, 0) is 25.2 Å². The minimum Gasteiger partial charge on any atom is -0.393 e. The van der Waals surface area contributed by atoms with Gasteiger partial charge in [0.1, 0.15) is 0 Å². The van der Waals surface area contributed by atoms with Crippen molar-refractivity contribution in [2.24, 2.45) is 5.92 Å². The summed E-state index contributed by atoms with van der Waals surface area (Å²) in [6.07, 6.45) is 5.69. The van der Waals surface area contributed by atoms with Crippen LogP contribution >= 0.6 is 11.3 Å². The van der Waals surface area contributed by atoms with Gasteiger partial charge in [0.25, 0.3) is 0 Å². The van der Waals surface area contributed by atoms with Crippen molar-refractivity contribution in [3.63, 3.8) is 0 Å². The van der Waals surface area contributed by atoms with Gasteiger partial charge in [0, 0.05) is 18.1 Å².